The van der Waals surface area contributed by atoms with Crippen molar-refractivity contribution in [2.24, 2.45) is 10.9 Å². The molecule has 2 aromatic rings. The third-order valence-corrected chi connectivity index (χ3v) is 6.56. The SMILES string of the molecule is CCNC(=NCCCN1CCc2ccccc2C1)N1CCC(C)C(n2ccnc2)C1. The van der Waals surface area contributed by atoms with Crippen LogP contribution < -0.4 is 5.32 Å². The van der Waals surface area contributed by atoms with Crippen LogP contribution in [0.3, 0.4) is 0 Å². The highest BCUT2D eigenvalue weighted by atomic mass is 15.3. The lowest BCUT2D eigenvalue weighted by Crippen LogP contribution is -2.49. The van der Waals surface area contributed by atoms with Crippen LogP contribution in [0.25, 0.3) is 0 Å². The molecule has 0 bridgehead atoms. The van der Waals surface area contributed by atoms with Crippen molar-refractivity contribution in [3.8, 4) is 0 Å². The van der Waals surface area contributed by atoms with Gasteiger partial charge in [0.1, 0.15) is 0 Å². The Morgan fingerprint density at radius 2 is 2.10 bits per heavy atom. The van der Waals surface area contributed by atoms with Crippen molar-refractivity contribution in [2.45, 2.75) is 45.7 Å². The quantitative estimate of drug-likeness (QED) is 0.453. The molecule has 1 aromatic heterocycles. The molecule has 2 aliphatic heterocycles. The zero-order valence-electron chi connectivity index (χ0n) is 18.5. The fraction of sp³-hybridized carbons (Fsp3) is 0.583. The van der Waals surface area contributed by atoms with Crippen molar-refractivity contribution in [3.05, 3.63) is 54.1 Å². The smallest absolute Gasteiger partial charge is 0.193 e. The predicted octanol–water partition coefficient (Wildman–Crippen LogP) is 3.18. The van der Waals surface area contributed by atoms with Gasteiger partial charge in [0.05, 0.1) is 12.4 Å². The molecule has 1 N–H and O–H groups in total. The van der Waals surface area contributed by atoms with Crippen LogP contribution in [0.4, 0.5) is 0 Å². The lowest BCUT2D eigenvalue weighted by molar-refractivity contribution is 0.189. The van der Waals surface area contributed by atoms with Crippen molar-refractivity contribution in [1.29, 1.82) is 0 Å². The Labute approximate surface area is 181 Å². The molecule has 2 unspecified atom stereocenters. The highest BCUT2D eigenvalue weighted by molar-refractivity contribution is 5.80. The molecule has 0 saturated carbocycles. The second-order valence-corrected chi connectivity index (χ2v) is 8.67. The van der Waals surface area contributed by atoms with Crippen molar-refractivity contribution in [3.63, 3.8) is 0 Å². The number of piperidine rings is 1. The number of hydrogen-bond donors (Lipinski definition) is 1. The molecule has 6 heteroatoms. The molecular formula is C24H36N6. The van der Waals surface area contributed by atoms with Gasteiger partial charge in [0.15, 0.2) is 5.96 Å². The van der Waals surface area contributed by atoms with Gasteiger partial charge in [0.2, 0.25) is 0 Å². The van der Waals surface area contributed by atoms with Gasteiger partial charge in [-0.15, -0.1) is 0 Å². The summed E-state index contributed by atoms with van der Waals surface area (Å²) in [6.45, 7) is 11.7. The Kier molecular flexibility index (Phi) is 7.05. The van der Waals surface area contributed by atoms with E-state index in [0.717, 1.165) is 58.2 Å². The van der Waals surface area contributed by atoms with Crippen LogP contribution in [0.5, 0.6) is 0 Å². The summed E-state index contributed by atoms with van der Waals surface area (Å²) in [5, 5.41) is 3.52. The summed E-state index contributed by atoms with van der Waals surface area (Å²) in [5.41, 5.74) is 3.02. The van der Waals surface area contributed by atoms with Crippen LogP contribution >= 0.6 is 0 Å². The van der Waals surface area contributed by atoms with E-state index < -0.39 is 0 Å². The van der Waals surface area contributed by atoms with Crippen LogP contribution in [0, 0.1) is 5.92 Å². The van der Waals surface area contributed by atoms with Crippen LogP contribution in [-0.4, -0.2) is 64.6 Å². The van der Waals surface area contributed by atoms with E-state index in [9.17, 15) is 0 Å². The number of hydrogen-bond acceptors (Lipinski definition) is 3. The third-order valence-electron chi connectivity index (χ3n) is 6.56. The summed E-state index contributed by atoms with van der Waals surface area (Å²) in [6.07, 6.45) is 9.37. The molecule has 0 amide bonds. The normalized spacial score (nSPS) is 22.7. The first kappa shape index (κ1) is 20.9. The first-order valence-corrected chi connectivity index (χ1v) is 11.5. The van der Waals surface area contributed by atoms with Crippen LogP contribution in [0.15, 0.2) is 48.0 Å². The van der Waals surface area contributed by atoms with Gasteiger partial charge in [0.25, 0.3) is 0 Å². The number of nitrogens with zero attached hydrogens (tertiary/aromatic N) is 5. The first-order valence-electron chi connectivity index (χ1n) is 11.5. The van der Waals surface area contributed by atoms with Gasteiger partial charge in [-0.1, -0.05) is 31.2 Å². The first-order chi connectivity index (χ1) is 14.7. The molecule has 2 aliphatic rings. The molecule has 1 fully saturated rings. The van der Waals surface area contributed by atoms with Gasteiger partial charge in [-0.05, 0) is 43.2 Å². The zero-order valence-corrected chi connectivity index (χ0v) is 18.5. The molecule has 1 saturated heterocycles. The molecule has 162 valence electrons. The summed E-state index contributed by atoms with van der Waals surface area (Å²) in [5.74, 6) is 1.72. The largest absolute Gasteiger partial charge is 0.357 e. The topological polar surface area (TPSA) is 48.7 Å². The Morgan fingerprint density at radius 1 is 1.23 bits per heavy atom. The monoisotopic (exact) mass is 408 g/mol. The van der Waals surface area contributed by atoms with E-state index in [-0.39, 0.29) is 0 Å². The van der Waals surface area contributed by atoms with E-state index >= 15 is 0 Å². The van der Waals surface area contributed by atoms with Gasteiger partial charge in [-0.2, -0.15) is 0 Å². The standard InChI is InChI=1S/C24H36N6/c1-3-26-24(29-15-9-20(2)23(18-29)30-16-12-25-19-30)27-11-6-13-28-14-10-21-7-4-5-8-22(21)17-28/h4-5,7-8,12,16,19-20,23H,3,6,9-11,13-15,17-18H2,1-2H3,(H,26,27). The number of nitrogens with one attached hydrogen (secondary N) is 1. The molecule has 3 heterocycles. The van der Waals surface area contributed by atoms with Gasteiger partial charge in [-0.3, -0.25) is 9.89 Å². The number of guanidine groups is 1. The minimum Gasteiger partial charge on any atom is -0.357 e. The highest BCUT2D eigenvalue weighted by Crippen LogP contribution is 2.27. The van der Waals surface area contributed by atoms with Crippen molar-refractivity contribution >= 4 is 5.96 Å². The number of likely N-dealkylation sites (tertiary alicyclic amines) is 1. The number of aliphatic imine (C=N–C) groups is 1. The zero-order chi connectivity index (χ0) is 20.8. The van der Waals surface area contributed by atoms with Crippen LogP contribution in [0.2, 0.25) is 0 Å². The number of imidazole rings is 1. The fourth-order valence-corrected chi connectivity index (χ4v) is 4.75. The number of aromatic nitrogens is 2. The second-order valence-electron chi connectivity index (χ2n) is 8.67. The molecule has 2 atom stereocenters. The van der Waals surface area contributed by atoms with Crippen LogP contribution in [-0.2, 0) is 13.0 Å². The summed E-state index contributed by atoms with van der Waals surface area (Å²) in [6, 6.07) is 9.32. The van der Waals surface area contributed by atoms with E-state index in [4.69, 9.17) is 4.99 Å². The van der Waals surface area contributed by atoms with E-state index in [1.807, 2.05) is 12.5 Å². The summed E-state index contributed by atoms with van der Waals surface area (Å²) >= 11 is 0. The van der Waals surface area contributed by atoms with Gasteiger partial charge in [0, 0.05) is 58.2 Å². The molecular weight excluding hydrogens is 372 g/mol. The molecule has 0 aliphatic carbocycles. The highest BCUT2D eigenvalue weighted by Gasteiger charge is 2.28. The number of fused-ring (bicyclic) bond motifs is 1. The number of benzene rings is 1. The minimum atomic E-state index is 0.457. The van der Waals surface area contributed by atoms with Crippen molar-refractivity contribution in [1.82, 2.24) is 24.7 Å². The molecule has 1 aromatic carbocycles. The van der Waals surface area contributed by atoms with Crippen molar-refractivity contribution in [2.75, 3.05) is 39.3 Å². The molecule has 30 heavy (non-hydrogen) atoms. The average Bonchev–Trinajstić information content (AvgIpc) is 3.31. The van der Waals surface area contributed by atoms with E-state index in [1.54, 1.807) is 0 Å². The van der Waals surface area contributed by atoms with Gasteiger partial charge >= 0.3 is 0 Å². The van der Waals surface area contributed by atoms with Crippen molar-refractivity contribution < 1.29 is 0 Å². The molecule has 6 nitrogen and oxygen atoms in total. The van der Waals surface area contributed by atoms with E-state index in [1.165, 1.54) is 24.0 Å². The molecule has 0 radical (unpaired) electrons. The lowest BCUT2D eigenvalue weighted by atomic mass is 9.93. The minimum absolute atomic E-state index is 0.457. The maximum absolute atomic E-state index is 4.99. The molecule has 0 spiro atoms. The van der Waals surface area contributed by atoms with Gasteiger partial charge in [-0.25, -0.2) is 4.98 Å². The summed E-state index contributed by atoms with van der Waals surface area (Å²) < 4.78 is 2.26. The maximum atomic E-state index is 4.99. The summed E-state index contributed by atoms with van der Waals surface area (Å²) in [4.78, 5) is 14.2. The van der Waals surface area contributed by atoms with Crippen LogP contribution in [0.1, 0.15) is 43.9 Å². The lowest BCUT2D eigenvalue weighted by Gasteiger charge is -2.39. The summed E-state index contributed by atoms with van der Waals surface area (Å²) in [7, 11) is 0. The Bertz CT molecular complexity index is 815. The average molecular weight is 409 g/mol. The number of rotatable bonds is 6. The second kappa shape index (κ2) is 10.1. The fourth-order valence-electron chi connectivity index (χ4n) is 4.75. The van der Waals surface area contributed by atoms with E-state index in [2.05, 4.69) is 69.0 Å². The third kappa shape index (κ3) is 5.04. The van der Waals surface area contributed by atoms with E-state index in [0.29, 0.717) is 12.0 Å². The molecule has 4 rings (SSSR count). The Hall–Kier alpha value is -2.34. The van der Waals surface area contributed by atoms with Gasteiger partial charge < -0.3 is 14.8 Å². The Balaban J connectivity index is 1.30. The maximum Gasteiger partial charge on any atom is 0.193 e. The Morgan fingerprint density at radius 3 is 2.90 bits per heavy atom. The predicted molar refractivity (Wildman–Crippen MR) is 123 cm³/mol.